The predicted molar refractivity (Wildman–Crippen MR) is 155 cm³/mol. The Labute approximate surface area is 236 Å². The Kier molecular flexibility index (Phi) is 9.51. The minimum atomic E-state index is 0.220. The average Bonchev–Trinajstić information content (AvgIpc) is 3.01. The zero-order chi connectivity index (χ0) is 27.6. The lowest BCUT2D eigenvalue weighted by Crippen LogP contribution is -2.16. The van der Waals surface area contributed by atoms with Crippen LogP contribution in [0, 0.1) is 0 Å². The zero-order valence-electron chi connectivity index (χ0n) is 22.9. The van der Waals surface area contributed by atoms with Crippen LogP contribution in [0.2, 0.25) is 0 Å². The van der Waals surface area contributed by atoms with Gasteiger partial charge in [-0.25, -0.2) is 0 Å². The lowest BCUT2D eigenvalue weighted by atomic mass is 9.78. The van der Waals surface area contributed by atoms with Crippen molar-refractivity contribution in [2.45, 2.75) is 76.0 Å². The van der Waals surface area contributed by atoms with Gasteiger partial charge in [-0.1, -0.05) is 67.1 Å². The van der Waals surface area contributed by atoms with Gasteiger partial charge in [0.15, 0.2) is 0 Å². The summed E-state index contributed by atoms with van der Waals surface area (Å²) in [6.45, 7) is 0. The van der Waals surface area contributed by atoms with Crippen molar-refractivity contribution in [2.24, 2.45) is 0 Å². The van der Waals surface area contributed by atoms with Gasteiger partial charge in [0.1, 0.15) is 11.6 Å². The molecule has 1 saturated carbocycles. The van der Waals surface area contributed by atoms with Crippen LogP contribution in [0.1, 0.15) is 84.3 Å². The average molecular weight is 533 g/mol. The molecule has 40 heavy (non-hydrogen) atoms. The van der Waals surface area contributed by atoms with Crippen molar-refractivity contribution < 1.29 is 9.59 Å². The van der Waals surface area contributed by atoms with Crippen molar-refractivity contribution in [2.75, 3.05) is 0 Å². The van der Waals surface area contributed by atoms with E-state index in [1.54, 1.807) is 0 Å². The van der Waals surface area contributed by atoms with Gasteiger partial charge in [-0.05, 0) is 67.5 Å². The zero-order valence-corrected chi connectivity index (χ0v) is 22.9. The van der Waals surface area contributed by atoms with Gasteiger partial charge in [0, 0.05) is 37.5 Å². The maximum Gasteiger partial charge on any atom is 0.137 e. The molecule has 2 heterocycles. The summed E-state index contributed by atoms with van der Waals surface area (Å²) in [7, 11) is 0. The van der Waals surface area contributed by atoms with Crippen LogP contribution < -0.4 is 0 Å². The first-order chi connectivity index (χ1) is 19.6. The number of aromatic nitrogens is 4. The fourth-order valence-corrected chi connectivity index (χ4v) is 5.53. The largest absolute Gasteiger partial charge is 0.299 e. The van der Waals surface area contributed by atoms with E-state index in [2.05, 4.69) is 32.5 Å². The van der Waals surface area contributed by atoms with Gasteiger partial charge in [-0.3, -0.25) is 9.59 Å². The van der Waals surface area contributed by atoms with Crippen LogP contribution in [0.5, 0.6) is 0 Å². The summed E-state index contributed by atoms with van der Waals surface area (Å²) in [6.07, 6.45) is 7.40. The number of benzene rings is 2. The molecule has 0 spiro atoms. The molecule has 6 heteroatoms. The lowest BCUT2D eigenvalue weighted by Gasteiger charge is -2.28. The van der Waals surface area contributed by atoms with Crippen molar-refractivity contribution in [1.82, 2.24) is 20.4 Å². The molecule has 1 aliphatic carbocycles. The minimum absolute atomic E-state index is 0.220. The molecule has 2 aromatic carbocycles. The fraction of sp³-hybridized carbons (Fsp3) is 0.353. The third kappa shape index (κ3) is 7.98. The molecule has 2 aromatic heterocycles. The molecular formula is C34H36N4O2. The number of ketones is 2. The maximum atomic E-state index is 12.4. The van der Waals surface area contributed by atoms with Crippen LogP contribution in [-0.2, 0) is 35.3 Å². The molecular weight excluding hydrogens is 496 g/mol. The molecule has 2 atom stereocenters. The third-order valence-electron chi connectivity index (χ3n) is 7.80. The van der Waals surface area contributed by atoms with Gasteiger partial charge in [-0.2, -0.15) is 20.4 Å². The van der Waals surface area contributed by atoms with Gasteiger partial charge in [0.25, 0.3) is 0 Å². The Balaban J connectivity index is 1.09. The van der Waals surface area contributed by atoms with Gasteiger partial charge in [0.2, 0.25) is 0 Å². The Morgan fingerprint density at radius 1 is 0.575 bits per heavy atom. The fourth-order valence-electron chi connectivity index (χ4n) is 5.53. The Hall–Kier alpha value is -4.06. The summed E-state index contributed by atoms with van der Waals surface area (Å²) in [5.41, 5.74) is 5.86. The summed E-state index contributed by atoms with van der Waals surface area (Å²) in [4.78, 5) is 24.7. The molecule has 0 radical (unpaired) electrons. The smallest absolute Gasteiger partial charge is 0.137 e. The highest BCUT2D eigenvalue weighted by Crippen LogP contribution is 2.39. The first kappa shape index (κ1) is 27.5. The molecule has 1 fully saturated rings. The second kappa shape index (κ2) is 13.8. The molecule has 0 saturated heterocycles. The van der Waals surface area contributed by atoms with Crippen molar-refractivity contribution in [3.63, 3.8) is 0 Å². The molecule has 0 bridgehead atoms. The van der Waals surface area contributed by atoms with Crippen LogP contribution in [-0.4, -0.2) is 32.0 Å². The predicted octanol–water partition coefficient (Wildman–Crippen LogP) is 6.20. The maximum absolute atomic E-state index is 12.4. The molecule has 5 rings (SSSR count). The number of carbonyl (C=O) groups excluding carboxylic acids is 2. The number of hydrogen-bond acceptors (Lipinski definition) is 6. The van der Waals surface area contributed by atoms with Crippen molar-refractivity contribution in [1.29, 1.82) is 0 Å². The summed E-state index contributed by atoms with van der Waals surface area (Å²) in [6, 6.07) is 27.9. The van der Waals surface area contributed by atoms with Crippen LogP contribution in [0.15, 0.2) is 84.9 Å². The van der Waals surface area contributed by atoms with Gasteiger partial charge in [-0.15, -0.1) is 0 Å². The Bertz CT molecular complexity index is 1270. The number of carbonyl (C=O) groups is 2. The Morgan fingerprint density at radius 3 is 1.43 bits per heavy atom. The molecule has 6 nitrogen and oxygen atoms in total. The van der Waals surface area contributed by atoms with E-state index in [1.807, 2.05) is 72.8 Å². The molecule has 4 aromatic rings. The highest BCUT2D eigenvalue weighted by molar-refractivity contribution is 5.81. The highest BCUT2D eigenvalue weighted by Gasteiger charge is 2.26. The number of aryl methyl sites for hydroxylation is 2. The van der Waals surface area contributed by atoms with Crippen molar-refractivity contribution in [3.05, 3.63) is 119 Å². The molecule has 0 N–H and O–H groups in total. The van der Waals surface area contributed by atoms with Crippen LogP contribution in [0.3, 0.4) is 0 Å². The van der Waals surface area contributed by atoms with E-state index >= 15 is 0 Å². The quantitative estimate of drug-likeness (QED) is 0.216. The van der Waals surface area contributed by atoms with E-state index in [4.69, 9.17) is 0 Å². The first-order valence-electron chi connectivity index (χ1n) is 14.4. The standard InChI is InChI=1S/C34H36N4O2/c39-31(22-25-8-3-1-4-9-25)18-14-29-16-20-33(37-35-29)27-12-7-13-28(24-27)34-21-17-30(36-38-34)15-19-32(40)23-26-10-5-2-6-11-26/h1-6,8-11,16-17,20-21,27-28H,7,12-15,18-19,22-24H2. The summed E-state index contributed by atoms with van der Waals surface area (Å²) >= 11 is 0. The van der Waals surface area contributed by atoms with Gasteiger partial charge < -0.3 is 0 Å². The van der Waals surface area contributed by atoms with Gasteiger partial charge >= 0.3 is 0 Å². The topological polar surface area (TPSA) is 85.7 Å². The molecule has 2 unspecified atom stereocenters. The molecule has 204 valence electrons. The summed E-state index contributed by atoms with van der Waals surface area (Å²) in [5.74, 6) is 1.13. The third-order valence-corrected chi connectivity index (χ3v) is 7.80. The Morgan fingerprint density at radius 2 is 1.02 bits per heavy atom. The van der Waals surface area contributed by atoms with E-state index in [0.717, 1.165) is 59.6 Å². The molecule has 1 aliphatic rings. The molecule has 0 amide bonds. The van der Waals surface area contributed by atoms with Crippen molar-refractivity contribution in [3.8, 4) is 0 Å². The van der Waals surface area contributed by atoms with E-state index < -0.39 is 0 Å². The molecule has 0 aliphatic heterocycles. The van der Waals surface area contributed by atoms with E-state index in [-0.39, 0.29) is 11.6 Å². The van der Waals surface area contributed by atoms with E-state index in [1.165, 1.54) is 0 Å². The second-order valence-corrected chi connectivity index (χ2v) is 10.9. The van der Waals surface area contributed by atoms with Gasteiger partial charge in [0.05, 0.1) is 22.8 Å². The summed E-state index contributed by atoms with van der Waals surface area (Å²) < 4.78 is 0. The number of Topliss-reactive ketones (excluding diaryl/α,β-unsaturated/α-hetero) is 2. The van der Waals surface area contributed by atoms with Crippen LogP contribution in [0.4, 0.5) is 0 Å². The van der Waals surface area contributed by atoms with E-state index in [9.17, 15) is 9.59 Å². The van der Waals surface area contributed by atoms with Crippen LogP contribution >= 0.6 is 0 Å². The lowest BCUT2D eigenvalue weighted by molar-refractivity contribution is -0.119. The first-order valence-corrected chi connectivity index (χ1v) is 14.4. The summed E-state index contributed by atoms with van der Waals surface area (Å²) in [5, 5.41) is 18.0. The number of nitrogens with zero attached hydrogens (tertiary/aromatic N) is 4. The monoisotopic (exact) mass is 532 g/mol. The number of rotatable bonds is 12. The number of hydrogen-bond donors (Lipinski definition) is 0. The SMILES string of the molecule is O=C(CCc1ccc(C2CCCC(c3ccc(CCC(=O)Cc4ccccc4)nn3)C2)nn1)Cc1ccccc1. The van der Waals surface area contributed by atoms with E-state index in [0.29, 0.717) is 50.4 Å². The highest BCUT2D eigenvalue weighted by atomic mass is 16.1. The minimum Gasteiger partial charge on any atom is -0.299 e. The normalized spacial score (nSPS) is 16.9. The van der Waals surface area contributed by atoms with Crippen molar-refractivity contribution >= 4 is 11.6 Å². The second-order valence-electron chi connectivity index (χ2n) is 10.9. The van der Waals surface area contributed by atoms with Crippen LogP contribution in [0.25, 0.3) is 0 Å².